The van der Waals surface area contributed by atoms with Crippen LogP contribution in [0.4, 0.5) is 0 Å². The molecule has 19 heavy (non-hydrogen) atoms. The van der Waals surface area contributed by atoms with E-state index < -0.39 is 0 Å². The van der Waals surface area contributed by atoms with Crippen LogP contribution in [0.15, 0.2) is 40.9 Å². The molecule has 0 fully saturated rings. The van der Waals surface area contributed by atoms with Crippen LogP contribution in [-0.4, -0.2) is 7.11 Å². The van der Waals surface area contributed by atoms with Crippen molar-refractivity contribution in [3.8, 4) is 5.75 Å². The summed E-state index contributed by atoms with van der Waals surface area (Å²) in [6.07, 6.45) is 0. The van der Waals surface area contributed by atoms with Crippen LogP contribution in [0.3, 0.4) is 0 Å². The summed E-state index contributed by atoms with van der Waals surface area (Å²) >= 11 is 9.57. The molecule has 0 aliphatic carbocycles. The molecule has 0 aromatic heterocycles. The van der Waals surface area contributed by atoms with Crippen molar-refractivity contribution in [2.45, 2.75) is 13.0 Å². The molecule has 2 nitrogen and oxygen atoms in total. The number of nitrogens with two attached hydrogens (primary N) is 1. The molecule has 2 aromatic carbocycles. The number of hydrogen-bond acceptors (Lipinski definition) is 2. The van der Waals surface area contributed by atoms with Gasteiger partial charge in [0.2, 0.25) is 0 Å². The Morgan fingerprint density at radius 1 is 1.21 bits per heavy atom. The van der Waals surface area contributed by atoms with Crippen LogP contribution in [-0.2, 0) is 0 Å². The highest BCUT2D eigenvalue weighted by Crippen LogP contribution is 2.31. The SMILES string of the molecule is COc1ccc(C(N)c2ccc(Cl)c(C)c2)c(Br)c1. The van der Waals surface area contributed by atoms with Crippen molar-refractivity contribution in [1.29, 1.82) is 0 Å². The molecule has 1 atom stereocenters. The van der Waals surface area contributed by atoms with Gasteiger partial charge in [0.1, 0.15) is 5.75 Å². The molecule has 0 amide bonds. The lowest BCUT2D eigenvalue weighted by atomic mass is 9.98. The fourth-order valence-corrected chi connectivity index (χ4v) is 2.65. The monoisotopic (exact) mass is 339 g/mol. The molecular formula is C15H15BrClNO. The summed E-state index contributed by atoms with van der Waals surface area (Å²) < 4.78 is 6.12. The van der Waals surface area contributed by atoms with Crippen molar-refractivity contribution in [2.75, 3.05) is 7.11 Å². The predicted molar refractivity (Wildman–Crippen MR) is 82.9 cm³/mol. The molecule has 0 saturated heterocycles. The zero-order valence-electron chi connectivity index (χ0n) is 10.8. The first-order valence-electron chi connectivity index (χ1n) is 5.88. The van der Waals surface area contributed by atoms with Crippen molar-refractivity contribution < 1.29 is 4.74 Å². The lowest BCUT2D eigenvalue weighted by Gasteiger charge is -2.16. The van der Waals surface area contributed by atoms with E-state index >= 15 is 0 Å². The first-order valence-corrected chi connectivity index (χ1v) is 7.05. The van der Waals surface area contributed by atoms with E-state index in [4.69, 9.17) is 22.1 Å². The topological polar surface area (TPSA) is 35.2 Å². The van der Waals surface area contributed by atoms with Gasteiger partial charge in [-0.05, 0) is 41.8 Å². The first kappa shape index (κ1) is 14.4. The molecule has 0 aliphatic heterocycles. The Balaban J connectivity index is 2.38. The Kier molecular flexibility index (Phi) is 4.50. The van der Waals surface area contributed by atoms with Gasteiger partial charge in [0, 0.05) is 9.50 Å². The zero-order chi connectivity index (χ0) is 14.0. The van der Waals surface area contributed by atoms with Crippen LogP contribution in [0.25, 0.3) is 0 Å². The van der Waals surface area contributed by atoms with Gasteiger partial charge >= 0.3 is 0 Å². The molecular weight excluding hydrogens is 326 g/mol. The summed E-state index contributed by atoms with van der Waals surface area (Å²) in [4.78, 5) is 0. The molecule has 0 bridgehead atoms. The summed E-state index contributed by atoms with van der Waals surface area (Å²) in [5, 5.41) is 0.754. The van der Waals surface area contributed by atoms with E-state index in [-0.39, 0.29) is 6.04 Å². The number of halogens is 2. The van der Waals surface area contributed by atoms with Crippen LogP contribution in [0, 0.1) is 6.92 Å². The van der Waals surface area contributed by atoms with E-state index in [1.54, 1.807) is 7.11 Å². The highest BCUT2D eigenvalue weighted by molar-refractivity contribution is 9.10. The van der Waals surface area contributed by atoms with E-state index in [0.29, 0.717) is 0 Å². The smallest absolute Gasteiger partial charge is 0.120 e. The molecule has 0 heterocycles. The third-order valence-corrected chi connectivity index (χ3v) is 4.19. The standard InChI is InChI=1S/C15H15BrClNO/c1-9-7-10(3-6-14(9)17)15(18)12-5-4-11(19-2)8-13(12)16/h3-8,15H,18H2,1-2H3. The fourth-order valence-electron chi connectivity index (χ4n) is 1.93. The molecule has 2 aromatic rings. The second-order valence-electron chi connectivity index (χ2n) is 4.37. The number of ether oxygens (including phenoxy) is 1. The minimum atomic E-state index is -0.198. The second-order valence-corrected chi connectivity index (χ2v) is 5.64. The Hall–Kier alpha value is -1.03. The van der Waals surface area contributed by atoms with Crippen LogP contribution in [0.5, 0.6) is 5.75 Å². The average Bonchev–Trinajstić information content (AvgIpc) is 2.41. The third-order valence-electron chi connectivity index (χ3n) is 3.08. The van der Waals surface area contributed by atoms with Gasteiger partial charge in [-0.1, -0.05) is 45.7 Å². The van der Waals surface area contributed by atoms with Gasteiger partial charge in [-0.2, -0.15) is 0 Å². The third kappa shape index (κ3) is 3.11. The van der Waals surface area contributed by atoms with E-state index in [9.17, 15) is 0 Å². The maximum Gasteiger partial charge on any atom is 0.120 e. The lowest BCUT2D eigenvalue weighted by Crippen LogP contribution is -2.12. The van der Waals surface area contributed by atoms with E-state index in [0.717, 1.165) is 31.9 Å². The van der Waals surface area contributed by atoms with Crippen LogP contribution in [0.1, 0.15) is 22.7 Å². The maximum atomic E-state index is 6.31. The number of benzene rings is 2. The molecule has 2 rings (SSSR count). The van der Waals surface area contributed by atoms with Crippen LogP contribution < -0.4 is 10.5 Å². The van der Waals surface area contributed by atoms with Gasteiger partial charge in [-0.15, -0.1) is 0 Å². The number of aryl methyl sites for hydroxylation is 1. The summed E-state index contributed by atoms with van der Waals surface area (Å²) in [6.45, 7) is 1.97. The molecule has 0 aliphatic rings. The van der Waals surface area contributed by atoms with E-state index in [1.807, 2.05) is 43.3 Å². The maximum absolute atomic E-state index is 6.31. The summed E-state index contributed by atoms with van der Waals surface area (Å²) in [5.41, 5.74) is 9.39. The minimum Gasteiger partial charge on any atom is -0.497 e. The Labute approximate surface area is 126 Å². The summed E-state index contributed by atoms with van der Waals surface area (Å²) in [6, 6.07) is 11.4. The first-order chi connectivity index (χ1) is 9.02. The summed E-state index contributed by atoms with van der Waals surface area (Å²) in [7, 11) is 1.64. The molecule has 0 saturated carbocycles. The van der Waals surface area contributed by atoms with Gasteiger partial charge in [-0.3, -0.25) is 0 Å². The molecule has 100 valence electrons. The van der Waals surface area contributed by atoms with Crippen molar-refractivity contribution in [1.82, 2.24) is 0 Å². The Morgan fingerprint density at radius 2 is 1.95 bits per heavy atom. The minimum absolute atomic E-state index is 0.198. The average molecular weight is 341 g/mol. The Morgan fingerprint density at radius 3 is 2.53 bits per heavy atom. The number of methoxy groups -OCH3 is 1. The van der Waals surface area contributed by atoms with Gasteiger partial charge in [0.25, 0.3) is 0 Å². The van der Waals surface area contributed by atoms with E-state index in [1.165, 1.54) is 0 Å². The van der Waals surface area contributed by atoms with Gasteiger partial charge < -0.3 is 10.5 Å². The quantitative estimate of drug-likeness (QED) is 0.895. The van der Waals surface area contributed by atoms with Crippen LogP contribution in [0.2, 0.25) is 5.02 Å². The van der Waals surface area contributed by atoms with Crippen LogP contribution >= 0.6 is 27.5 Å². The molecule has 4 heteroatoms. The second kappa shape index (κ2) is 5.95. The number of rotatable bonds is 3. The zero-order valence-corrected chi connectivity index (χ0v) is 13.1. The van der Waals surface area contributed by atoms with E-state index in [2.05, 4.69) is 15.9 Å². The Bertz CT molecular complexity index is 601. The number of hydrogen-bond donors (Lipinski definition) is 1. The molecule has 0 spiro atoms. The molecule has 0 radical (unpaired) electrons. The van der Waals surface area contributed by atoms with Gasteiger partial charge in [-0.25, -0.2) is 0 Å². The van der Waals surface area contributed by atoms with Crippen molar-refractivity contribution in [2.24, 2.45) is 5.73 Å². The van der Waals surface area contributed by atoms with Gasteiger partial charge in [0.05, 0.1) is 13.2 Å². The normalized spacial score (nSPS) is 12.3. The van der Waals surface area contributed by atoms with Crippen molar-refractivity contribution in [3.63, 3.8) is 0 Å². The van der Waals surface area contributed by atoms with Crippen molar-refractivity contribution >= 4 is 27.5 Å². The highest BCUT2D eigenvalue weighted by atomic mass is 79.9. The van der Waals surface area contributed by atoms with Crippen molar-refractivity contribution in [3.05, 3.63) is 62.6 Å². The fraction of sp³-hybridized carbons (Fsp3) is 0.200. The molecule has 1 unspecified atom stereocenters. The highest BCUT2D eigenvalue weighted by Gasteiger charge is 2.13. The molecule has 2 N–H and O–H groups in total. The lowest BCUT2D eigenvalue weighted by molar-refractivity contribution is 0.414. The predicted octanol–water partition coefficient (Wildman–Crippen LogP) is 4.47. The summed E-state index contributed by atoms with van der Waals surface area (Å²) in [5.74, 6) is 0.801. The largest absolute Gasteiger partial charge is 0.497 e. The van der Waals surface area contributed by atoms with Gasteiger partial charge in [0.15, 0.2) is 0 Å².